The standard InChI is InChI=1S/C12H13BrClNO3/c13-12(11(16)8-2-5-17-6-3-8)18-9-1-4-15-10(14)7-9/h1,4,7-8,12H,2-3,5-6H2. The average Bonchev–Trinajstić information content (AvgIpc) is 2.39. The third kappa shape index (κ3) is 3.67. The molecule has 6 heteroatoms. The molecule has 1 saturated heterocycles. The summed E-state index contributed by atoms with van der Waals surface area (Å²) in [6.45, 7) is 1.27. The fraction of sp³-hybridized carbons (Fsp3) is 0.500. The Morgan fingerprint density at radius 3 is 2.94 bits per heavy atom. The van der Waals surface area contributed by atoms with Crippen LogP contribution in [-0.2, 0) is 9.53 Å². The normalized spacial score (nSPS) is 18.3. The average molecular weight is 335 g/mol. The number of ether oxygens (including phenoxy) is 2. The van der Waals surface area contributed by atoms with Crippen molar-refractivity contribution in [2.24, 2.45) is 5.92 Å². The van der Waals surface area contributed by atoms with E-state index in [1.807, 2.05) is 0 Å². The molecule has 2 rings (SSSR count). The molecule has 4 nitrogen and oxygen atoms in total. The lowest BCUT2D eigenvalue weighted by atomic mass is 9.96. The van der Waals surface area contributed by atoms with E-state index in [1.165, 1.54) is 6.20 Å². The van der Waals surface area contributed by atoms with Crippen LogP contribution in [0.4, 0.5) is 0 Å². The quantitative estimate of drug-likeness (QED) is 0.627. The fourth-order valence-corrected chi connectivity index (χ4v) is 2.56. The molecule has 1 unspecified atom stereocenters. The summed E-state index contributed by atoms with van der Waals surface area (Å²) in [7, 11) is 0. The minimum atomic E-state index is -0.654. The van der Waals surface area contributed by atoms with Crippen molar-refractivity contribution in [2.45, 2.75) is 17.9 Å². The predicted octanol–water partition coefficient (Wildman–Crippen LogP) is 2.83. The first kappa shape index (κ1) is 13.8. The first-order valence-corrected chi connectivity index (χ1v) is 7.00. The van der Waals surface area contributed by atoms with Crippen molar-refractivity contribution in [3.63, 3.8) is 0 Å². The number of hydrogen-bond donors (Lipinski definition) is 0. The molecule has 2 heterocycles. The summed E-state index contributed by atoms with van der Waals surface area (Å²) in [6.07, 6.45) is 3.04. The number of carbonyl (C=O) groups is 1. The maximum atomic E-state index is 12.1. The van der Waals surface area contributed by atoms with Gasteiger partial charge in [-0.3, -0.25) is 4.79 Å². The molecule has 1 aliphatic rings. The Morgan fingerprint density at radius 2 is 2.28 bits per heavy atom. The Kier molecular flexibility index (Phi) is 4.97. The van der Waals surface area contributed by atoms with Crippen LogP contribution in [-0.4, -0.2) is 29.0 Å². The monoisotopic (exact) mass is 333 g/mol. The zero-order valence-electron chi connectivity index (χ0n) is 9.64. The molecular weight excluding hydrogens is 321 g/mol. The topological polar surface area (TPSA) is 48.4 Å². The van der Waals surface area contributed by atoms with E-state index < -0.39 is 5.01 Å². The molecule has 18 heavy (non-hydrogen) atoms. The SMILES string of the molecule is O=C(C1CCOCC1)C(Br)Oc1ccnc(Cl)c1. The first-order valence-electron chi connectivity index (χ1n) is 5.70. The Labute approximate surface area is 119 Å². The van der Waals surface area contributed by atoms with Gasteiger partial charge in [0, 0.05) is 31.4 Å². The molecule has 1 atom stereocenters. The molecule has 0 spiro atoms. The summed E-state index contributed by atoms with van der Waals surface area (Å²) in [6, 6.07) is 3.24. The lowest BCUT2D eigenvalue weighted by molar-refractivity contribution is -0.128. The number of alkyl halides is 1. The summed E-state index contributed by atoms with van der Waals surface area (Å²) in [5, 5.41) is -0.315. The predicted molar refractivity (Wildman–Crippen MR) is 71.1 cm³/mol. The number of carbonyl (C=O) groups excluding carboxylic acids is 1. The molecule has 0 radical (unpaired) electrons. The second-order valence-corrected chi connectivity index (χ2v) is 5.26. The Balaban J connectivity index is 1.94. The van der Waals surface area contributed by atoms with E-state index in [2.05, 4.69) is 20.9 Å². The molecule has 1 fully saturated rings. The van der Waals surface area contributed by atoms with Gasteiger partial charge in [0.2, 0.25) is 5.01 Å². The second kappa shape index (κ2) is 6.50. The summed E-state index contributed by atoms with van der Waals surface area (Å²) >= 11 is 9.01. The van der Waals surface area contributed by atoms with Gasteiger partial charge in [-0.25, -0.2) is 4.98 Å². The van der Waals surface area contributed by atoms with Gasteiger partial charge in [-0.2, -0.15) is 0 Å². The number of aromatic nitrogens is 1. The highest BCUT2D eigenvalue weighted by Gasteiger charge is 2.28. The van der Waals surface area contributed by atoms with E-state index in [1.54, 1.807) is 12.1 Å². The van der Waals surface area contributed by atoms with E-state index >= 15 is 0 Å². The first-order chi connectivity index (χ1) is 8.66. The highest BCUT2D eigenvalue weighted by atomic mass is 79.9. The van der Waals surface area contributed by atoms with E-state index in [4.69, 9.17) is 21.1 Å². The van der Waals surface area contributed by atoms with Crippen LogP contribution in [0.1, 0.15) is 12.8 Å². The van der Waals surface area contributed by atoms with Crippen LogP contribution in [0.15, 0.2) is 18.3 Å². The van der Waals surface area contributed by atoms with Crippen molar-refractivity contribution < 1.29 is 14.3 Å². The molecule has 0 N–H and O–H groups in total. The van der Waals surface area contributed by atoms with E-state index in [-0.39, 0.29) is 11.7 Å². The third-order valence-electron chi connectivity index (χ3n) is 2.78. The number of Topliss-reactive ketones (excluding diaryl/α,β-unsaturated/α-hetero) is 1. The maximum absolute atomic E-state index is 12.1. The van der Waals surface area contributed by atoms with Gasteiger partial charge in [-0.05, 0) is 34.8 Å². The molecule has 0 amide bonds. The van der Waals surface area contributed by atoms with Crippen molar-refractivity contribution in [1.82, 2.24) is 4.98 Å². The summed E-state index contributed by atoms with van der Waals surface area (Å²) in [5.41, 5.74) is 0. The largest absolute Gasteiger partial charge is 0.471 e. The zero-order chi connectivity index (χ0) is 13.0. The van der Waals surface area contributed by atoms with Crippen molar-refractivity contribution in [3.8, 4) is 5.75 Å². The Morgan fingerprint density at radius 1 is 1.56 bits per heavy atom. The molecule has 0 saturated carbocycles. The van der Waals surface area contributed by atoms with Crippen molar-refractivity contribution in [1.29, 1.82) is 0 Å². The minimum Gasteiger partial charge on any atom is -0.471 e. The number of rotatable bonds is 4. The van der Waals surface area contributed by atoms with Crippen LogP contribution in [0.5, 0.6) is 5.75 Å². The molecule has 0 aromatic carbocycles. The summed E-state index contributed by atoms with van der Waals surface area (Å²) in [5.74, 6) is 0.573. The molecule has 0 aliphatic carbocycles. The fourth-order valence-electron chi connectivity index (χ4n) is 1.80. The van der Waals surface area contributed by atoms with Gasteiger partial charge in [0.05, 0.1) is 0 Å². The number of pyridine rings is 1. The van der Waals surface area contributed by atoms with Crippen LogP contribution >= 0.6 is 27.5 Å². The van der Waals surface area contributed by atoms with Gasteiger partial charge in [0.1, 0.15) is 10.9 Å². The molecule has 1 aromatic heterocycles. The number of nitrogens with zero attached hydrogens (tertiary/aromatic N) is 1. The van der Waals surface area contributed by atoms with Crippen LogP contribution in [0.2, 0.25) is 5.15 Å². The molecular formula is C12H13BrClNO3. The van der Waals surface area contributed by atoms with E-state index in [0.717, 1.165) is 12.8 Å². The highest BCUT2D eigenvalue weighted by Crippen LogP contribution is 2.23. The van der Waals surface area contributed by atoms with Crippen LogP contribution < -0.4 is 4.74 Å². The lowest BCUT2D eigenvalue weighted by Gasteiger charge is -2.23. The Bertz CT molecular complexity index is 424. The number of ketones is 1. The molecule has 1 aliphatic heterocycles. The second-order valence-electron chi connectivity index (χ2n) is 4.04. The van der Waals surface area contributed by atoms with Gasteiger partial charge < -0.3 is 9.47 Å². The van der Waals surface area contributed by atoms with E-state index in [0.29, 0.717) is 24.1 Å². The molecule has 0 bridgehead atoms. The van der Waals surface area contributed by atoms with Gasteiger partial charge in [0.15, 0.2) is 5.78 Å². The lowest BCUT2D eigenvalue weighted by Crippen LogP contribution is -2.32. The van der Waals surface area contributed by atoms with Gasteiger partial charge in [-0.1, -0.05) is 11.6 Å². The number of hydrogen-bond acceptors (Lipinski definition) is 4. The van der Waals surface area contributed by atoms with Crippen LogP contribution in [0, 0.1) is 5.92 Å². The van der Waals surface area contributed by atoms with Gasteiger partial charge in [0.25, 0.3) is 0 Å². The smallest absolute Gasteiger partial charge is 0.211 e. The van der Waals surface area contributed by atoms with Crippen molar-refractivity contribution in [2.75, 3.05) is 13.2 Å². The summed E-state index contributed by atoms with van der Waals surface area (Å²) in [4.78, 5) is 16.0. The zero-order valence-corrected chi connectivity index (χ0v) is 12.0. The van der Waals surface area contributed by atoms with Gasteiger partial charge >= 0.3 is 0 Å². The minimum absolute atomic E-state index is 0.000402. The highest BCUT2D eigenvalue weighted by molar-refractivity contribution is 9.09. The van der Waals surface area contributed by atoms with E-state index in [9.17, 15) is 4.79 Å². The van der Waals surface area contributed by atoms with Crippen LogP contribution in [0.25, 0.3) is 0 Å². The summed E-state index contributed by atoms with van der Waals surface area (Å²) < 4.78 is 10.7. The van der Waals surface area contributed by atoms with Gasteiger partial charge in [-0.15, -0.1) is 0 Å². The maximum Gasteiger partial charge on any atom is 0.211 e. The van der Waals surface area contributed by atoms with Crippen molar-refractivity contribution >= 4 is 33.3 Å². The van der Waals surface area contributed by atoms with Crippen LogP contribution in [0.3, 0.4) is 0 Å². The third-order valence-corrected chi connectivity index (χ3v) is 3.63. The Hall–Kier alpha value is -0.650. The molecule has 1 aromatic rings. The van der Waals surface area contributed by atoms with Crippen molar-refractivity contribution in [3.05, 3.63) is 23.5 Å². The molecule has 98 valence electrons. The number of halogens is 2.